The van der Waals surface area contributed by atoms with E-state index in [1.165, 1.54) is 12.4 Å². The maximum atomic E-state index is 11.9. The molecule has 124 valence electrons. The number of aromatic nitrogens is 1. The number of methoxy groups -OCH3 is 1. The van der Waals surface area contributed by atoms with E-state index in [0.29, 0.717) is 28.1 Å². The Morgan fingerprint density at radius 3 is 3.00 bits per heavy atom. The fourth-order valence-corrected chi connectivity index (χ4v) is 2.40. The summed E-state index contributed by atoms with van der Waals surface area (Å²) in [5.74, 6) is 0.788. The molecule has 0 bridgehead atoms. The summed E-state index contributed by atoms with van der Waals surface area (Å²) >= 11 is 3.43. The molecule has 0 unspecified atom stereocenters. The first-order chi connectivity index (χ1) is 11.7. The molecule has 6 nitrogen and oxygen atoms in total. The Morgan fingerprint density at radius 2 is 2.33 bits per heavy atom. The number of hydrazone groups is 1. The van der Waals surface area contributed by atoms with Crippen LogP contribution in [-0.2, 0) is 0 Å². The standard InChI is InChI=1S/C17H16BrN3O3/c1-3-7-24-16-14(18)8-12(9-15(16)23-2)10-20-21-17(22)13-5-4-6-19-11-13/h3-6,8-11H,1,7H2,2H3,(H,21,22)/b20-10-. The van der Waals surface area contributed by atoms with Crippen LogP contribution in [0.1, 0.15) is 15.9 Å². The van der Waals surface area contributed by atoms with Crippen LogP contribution in [0.25, 0.3) is 0 Å². The number of nitrogens with one attached hydrogen (secondary N) is 1. The second kappa shape index (κ2) is 8.83. The third-order valence-electron chi connectivity index (χ3n) is 2.90. The van der Waals surface area contributed by atoms with E-state index in [1.807, 2.05) is 0 Å². The van der Waals surface area contributed by atoms with Gasteiger partial charge in [0.2, 0.25) is 0 Å². The summed E-state index contributed by atoms with van der Waals surface area (Å²) < 4.78 is 11.6. The highest BCUT2D eigenvalue weighted by Crippen LogP contribution is 2.36. The summed E-state index contributed by atoms with van der Waals surface area (Å²) in [6.45, 7) is 3.98. The van der Waals surface area contributed by atoms with Gasteiger partial charge in [-0.25, -0.2) is 5.43 Å². The second-order valence-corrected chi connectivity index (χ2v) is 5.43. The van der Waals surface area contributed by atoms with Gasteiger partial charge in [-0.15, -0.1) is 0 Å². The van der Waals surface area contributed by atoms with Crippen LogP contribution in [0.4, 0.5) is 0 Å². The number of carbonyl (C=O) groups excluding carboxylic acids is 1. The molecule has 0 saturated carbocycles. The number of ether oxygens (including phenoxy) is 2. The molecule has 1 aromatic carbocycles. The Bertz CT molecular complexity index is 748. The van der Waals surface area contributed by atoms with Crippen LogP contribution in [0, 0.1) is 0 Å². The molecule has 7 heteroatoms. The first kappa shape index (κ1) is 17.7. The van der Waals surface area contributed by atoms with Crippen molar-refractivity contribution in [1.29, 1.82) is 0 Å². The lowest BCUT2D eigenvalue weighted by Gasteiger charge is -2.12. The molecule has 24 heavy (non-hydrogen) atoms. The van der Waals surface area contributed by atoms with Gasteiger partial charge in [0.15, 0.2) is 11.5 Å². The fourth-order valence-electron chi connectivity index (χ4n) is 1.82. The Labute approximate surface area is 148 Å². The number of halogens is 1. The van der Waals surface area contributed by atoms with Gasteiger partial charge < -0.3 is 9.47 Å². The van der Waals surface area contributed by atoms with E-state index in [-0.39, 0.29) is 5.91 Å². The molecule has 1 N–H and O–H groups in total. The van der Waals surface area contributed by atoms with Gasteiger partial charge >= 0.3 is 0 Å². The molecule has 0 saturated heterocycles. The largest absolute Gasteiger partial charge is 0.493 e. The molecule has 0 atom stereocenters. The van der Waals surface area contributed by atoms with E-state index in [2.05, 4.69) is 38.0 Å². The predicted molar refractivity (Wildman–Crippen MR) is 95.7 cm³/mol. The first-order valence-electron chi connectivity index (χ1n) is 7.00. The van der Waals surface area contributed by atoms with Gasteiger partial charge in [0.25, 0.3) is 5.91 Å². The highest BCUT2D eigenvalue weighted by Gasteiger charge is 2.10. The molecule has 0 aliphatic carbocycles. The van der Waals surface area contributed by atoms with Crippen molar-refractivity contribution >= 4 is 28.1 Å². The number of hydrogen-bond acceptors (Lipinski definition) is 5. The zero-order valence-corrected chi connectivity index (χ0v) is 14.6. The van der Waals surface area contributed by atoms with Crippen LogP contribution < -0.4 is 14.9 Å². The van der Waals surface area contributed by atoms with Gasteiger partial charge in [0.1, 0.15) is 6.61 Å². The normalized spacial score (nSPS) is 10.4. The summed E-state index contributed by atoms with van der Waals surface area (Å²) in [4.78, 5) is 15.8. The first-order valence-corrected chi connectivity index (χ1v) is 7.79. The lowest BCUT2D eigenvalue weighted by molar-refractivity contribution is 0.0955. The third kappa shape index (κ3) is 4.66. The van der Waals surface area contributed by atoms with E-state index >= 15 is 0 Å². The molecule has 0 aliphatic rings. The van der Waals surface area contributed by atoms with Gasteiger partial charge in [0.05, 0.1) is 23.4 Å². The zero-order valence-electron chi connectivity index (χ0n) is 13.0. The van der Waals surface area contributed by atoms with Crippen LogP contribution >= 0.6 is 15.9 Å². The summed E-state index contributed by atoms with van der Waals surface area (Å²) in [5.41, 5.74) is 3.61. The van der Waals surface area contributed by atoms with Crippen LogP contribution in [0.15, 0.2) is 58.9 Å². The van der Waals surface area contributed by atoms with E-state index in [4.69, 9.17) is 9.47 Å². The highest BCUT2D eigenvalue weighted by atomic mass is 79.9. The number of amides is 1. The van der Waals surface area contributed by atoms with Gasteiger partial charge in [-0.2, -0.15) is 5.10 Å². The minimum absolute atomic E-state index is 0.337. The molecule has 0 radical (unpaired) electrons. The molecule has 1 heterocycles. The molecule has 0 aliphatic heterocycles. The van der Waals surface area contributed by atoms with Crippen molar-refractivity contribution in [3.63, 3.8) is 0 Å². The molecule has 0 spiro atoms. The van der Waals surface area contributed by atoms with Crippen molar-refractivity contribution in [2.45, 2.75) is 0 Å². The van der Waals surface area contributed by atoms with Crippen LogP contribution in [-0.4, -0.2) is 30.8 Å². The van der Waals surface area contributed by atoms with Crippen LogP contribution in [0.2, 0.25) is 0 Å². The maximum absolute atomic E-state index is 11.9. The van der Waals surface area contributed by atoms with Crippen molar-refractivity contribution < 1.29 is 14.3 Å². The maximum Gasteiger partial charge on any atom is 0.272 e. The molecule has 1 amide bonds. The monoisotopic (exact) mass is 389 g/mol. The van der Waals surface area contributed by atoms with E-state index in [1.54, 1.807) is 43.6 Å². The van der Waals surface area contributed by atoms with Crippen molar-refractivity contribution in [2.75, 3.05) is 13.7 Å². The topological polar surface area (TPSA) is 72.8 Å². The summed E-state index contributed by atoms with van der Waals surface area (Å²) in [7, 11) is 1.55. The smallest absolute Gasteiger partial charge is 0.272 e. The number of benzene rings is 1. The summed E-state index contributed by atoms with van der Waals surface area (Å²) in [6, 6.07) is 6.90. The minimum atomic E-state index is -0.337. The third-order valence-corrected chi connectivity index (χ3v) is 3.49. The van der Waals surface area contributed by atoms with Crippen LogP contribution in [0.5, 0.6) is 11.5 Å². The predicted octanol–water partition coefficient (Wildman–Crippen LogP) is 3.18. The average Bonchev–Trinajstić information content (AvgIpc) is 2.61. The minimum Gasteiger partial charge on any atom is -0.493 e. The Balaban J connectivity index is 2.10. The van der Waals surface area contributed by atoms with Crippen molar-refractivity contribution in [2.24, 2.45) is 5.10 Å². The fraction of sp³-hybridized carbons (Fsp3) is 0.118. The van der Waals surface area contributed by atoms with Gasteiger partial charge in [0, 0.05) is 12.4 Å². The van der Waals surface area contributed by atoms with Gasteiger partial charge in [-0.3, -0.25) is 9.78 Å². The summed E-state index contributed by atoms with van der Waals surface area (Å²) in [6.07, 6.45) is 6.23. The number of pyridine rings is 1. The molecule has 2 rings (SSSR count). The van der Waals surface area contributed by atoms with Crippen molar-refractivity contribution in [3.8, 4) is 11.5 Å². The molecule has 2 aromatic rings. The Kier molecular flexibility index (Phi) is 6.51. The lowest BCUT2D eigenvalue weighted by Crippen LogP contribution is -2.17. The van der Waals surface area contributed by atoms with Crippen molar-refractivity contribution in [1.82, 2.24) is 10.4 Å². The van der Waals surface area contributed by atoms with E-state index in [9.17, 15) is 4.79 Å². The number of hydrogen-bond donors (Lipinski definition) is 1. The molecule has 1 aromatic heterocycles. The molecular formula is C17H16BrN3O3. The average molecular weight is 390 g/mol. The van der Waals surface area contributed by atoms with Crippen LogP contribution in [0.3, 0.4) is 0 Å². The van der Waals surface area contributed by atoms with E-state index in [0.717, 1.165) is 5.56 Å². The number of nitrogens with zero attached hydrogens (tertiary/aromatic N) is 2. The van der Waals surface area contributed by atoms with Gasteiger partial charge in [-0.1, -0.05) is 12.7 Å². The Morgan fingerprint density at radius 1 is 1.50 bits per heavy atom. The molecule has 0 fully saturated rings. The lowest BCUT2D eigenvalue weighted by atomic mass is 10.2. The SMILES string of the molecule is C=CCOc1c(Br)cc(/C=N\NC(=O)c2cccnc2)cc1OC. The zero-order chi connectivity index (χ0) is 17.4. The van der Waals surface area contributed by atoms with E-state index < -0.39 is 0 Å². The number of rotatable bonds is 7. The summed E-state index contributed by atoms with van der Waals surface area (Å²) in [5, 5.41) is 3.94. The highest BCUT2D eigenvalue weighted by molar-refractivity contribution is 9.10. The molecular weight excluding hydrogens is 374 g/mol. The quantitative estimate of drug-likeness (QED) is 0.448. The Hall–Kier alpha value is -2.67. The van der Waals surface area contributed by atoms with Crippen molar-refractivity contribution in [3.05, 3.63) is 64.9 Å². The number of carbonyl (C=O) groups is 1. The second-order valence-electron chi connectivity index (χ2n) is 4.57. The van der Waals surface area contributed by atoms with Gasteiger partial charge in [-0.05, 0) is 45.8 Å².